The van der Waals surface area contributed by atoms with Crippen LogP contribution in [0, 0.1) is 5.41 Å². The number of carbonyl (C=O) groups is 1. The Bertz CT molecular complexity index is 1160. The largest absolute Gasteiger partial charge is 0.497 e. The van der Waals surface area contributed by atoms with E-state index in [0.29, 0.717) is 46.4 Å². The van der Waals surface area contributed by atoms with Gasteiger partial charge in [-0.15, -0.1) is 0 Å². The van der Waals surface area contributed by atoms with Gasteiger partial charge >= 0.3 is 0 Å². The minimum Gasteiger partial charge on any atom is -0.497 e. The van der Waals surface area contributed by atoms with Crippen molar-refractivity contribution in [2.45, 2.75) is 32.9 Å². The molecule has 3 rings (SSSR count). The summed E-state index contributed by atoms with van der Waals surface area (Å²) in [6.07, 6.45) is -0.0271. The number of hydrogen-bond acceptors (Lipinski definition) is 7. The SMILES string of the molecule is CCOc1cc(C(Nc2ccc(C(=N)N)cc2)C(=O)NNc2ccc(OC)cc2)ccc1OC(C)C. The Balaban J connectivity index is 1.88. The lowest BCUT2D eigenvalue weighted by Crippen LogP contribution is -2.37. The van der Waals surface area contributed by atoms with E-state index < -0.39 is 6.04 Å². The quantitative estimate of drug-likeness (QED) is 0.144. The first-order valence-corrected chi connectivity index (χ1v) is 11.6. The first kappa shape index (κ1) is 26.2. The molecule has 1 unspecified atom stereocenters. The molecule has 3 aromatic carbocycles. The molecule has 0 aromatic heterocycles. The molecule has 0 aliphatic heterocycles. The molecule has 190 valence electrons. The van der Waals surface area contributed by atoms with Crippen molar-refractivity contribution in [3.63, 3.8) is 0 Å². The maximum absolute atomic E-state index is 13.4. The van der Waals surface area contributed by atoms with Crippen LogP contribution in [0.3, 0.4) is 0 Å². The summed E-state index contributed by atoms with van der Waals surface area (Å²) in [6.45, 7) is 6.23. The summed E-state index contributed by atoms with van der Waals surface area (Å²) in [5.74, 6) is 1.53. The molecule has 0 heterocycles. The second-order valence-corrected chi connectivity index (χ2v) is 8.22. The summed E-state index contributed by atoms with van der Waals surface area (Å²) in [4.78, 5) is 13.4. The van der Waals surface area contributed by atoms with Crippen LogP contribution in [-0.2, 0) is 4.79 Å². The number of rotatable bonds is 12. The normalized spacial score (nSPS) is 11.4. The van der Waals surface area contributed by atoms with Gasteiger partial charge in [-0.05, 0) is 87.0 Å². The molecule has 36 heavy (non-hydrogen) atoms. The summed E-state index contributed by atoms with van der Waals surface area (Å²) in [5, 5.41) is 10.9. The molecule has 1 amide bonds. The number of amidine groups is 1. The Morgan fingerprint density at radius 2 is 1.64 bits per heavy atom. The Hall–Kier alpha value is -4.40. The van der Waals surface area contributed by atoms with E-state index in [4.69, 9.17) is 25.4 Å². The van der Waals surface area contributed by atoms with Crippen molar-refractivity contribution >= 4 is 23.1 Å². The highest BCUT2D eigenvalue weighted by Crippen LogP contribution is 2.33. The Kier molecular flexibility index (Phi) is 8.99. The molecule has 0 saturated carbocycles. The zero-order valence-electron chi connectivity index (χ0n) is 20.9. The van der Waals surface area contributed by atoms with Crippen LogP contribution in [0.5, 0.6) is 17.2 Å². The highest BCUT2D eigenvalue weighted by molar-refractivity contribution is 5.95. The van der Waals surface area contributed by atoms with Crippen molar-refractivity contribution in [3.8, 4) is 17.2 Å². The molecule has 0 bridgehead atoms. The molecule has 0 saturated heterocycles. The lowest BCUT2D eigenvalue weighted by molar-refractivity contribution is -0.121. The molecule has 0 aliphatic rings. The van der Waals surface area contributed by atoms with Gasteiger partial charge in [-0.3, -0.25) is 21.1 Å². The summed E-state index contributed by atoms with van der Waals surface area (Å²) in [6, 6.07) is 18.8. The van der Waals surface area contributed by atoms with Crippen LogP contribution in [0.15, 0.2) is 66.7 Å². The van der Waals surface area contributed by atoms with Crippen molar-refractivity contribution in [2.75, 3.05) is 24.5 Å². The van der Waals surface area contributed by atoms with Crippen LogP contribution >= 0.6 is 0 Å². The van der Waals surface area contributed by atoms with Gasteiger partial charge in [-0.1, -0.05) is 6.07 Å². The molecule has 3 aromatic rings. The van der Waals surface area contributed by atoms with E-state index in [0.717, 1.165) is 0 Å². The summed E-state index contributed by atoms with van der Waals surface area (Å²) in [7, 11) is 1.59. The third kappa shape index (κ3) is 7.05. The third-order valence-corrected chi connectivity index (χ3v) is 5.15. The van der Waals surface area contributed by atoms with Crippen LogP contribution < -0.4 is 36.1 Å². The van der Waals surface area contributed by atoms with E-state index in [9.17, 15) is 4.79 Å². The van der Waals surface area contributed by atoms with Crippen LogP contribution in [0.1, 0.15) is 37.9 Å². The first-order chi connectivity index (χ1) is 17.3. The minimum absolute atomic E-state index is 0.0263. The summed E-state index contributed by atoms with van der Waals surface area (Å²) < 4.78 is 16.8. The van der Waals surface area contributed by atoms with Crippen molar-refractivity contribution < 1.29 is 19.0 Å². The van der Waals surface area contributed by atoms with Gasteiger partial charge in [0, 0.05) is 11.3 Å². The average molecular weight is 492 g/mol. The van der Waals surface area contributed by atoms with Crippen molar-refractivity contribution in [3.05, 3.63) is 77.9 Å². The Labute approximate surface area is 211 Å². The van der Waals surface area contributed by atoms with Crippen molar-refractivity contribution in [1.29, 1.82) is 5.41 Å². The maximum Gasteiger partial charge on any atom is 0.265 e. The van der Waals surface area contributed by atoms with E-state index >= 15 is 0 Å². The molecule has 0 fully saturated rings. The maximum atomic E-state index is 13.4. The molecule has 6 N–H and O–H groups in total. The highest BCUT2D eigenvalue weighted by atomic mass is 16.5. The topological polar surface area (TPSA) is 131 Å². The number of nitrogens with two attached hydrogens (primary N) is 1. The van der Waals surface area contributed by atoms with Crippen LogP contribution in [-0.4, -0.2) is 31.6 Å². The van der Waals surface area contributed by atoms with Gasteiger partial charge in [0.2, 0.25) is 0 Å². The number of amides is 1. The number of anilines is 2. The molecule has 0 aliphatic carbocycles. The number of nitrogen functional groups attached to an aromatic ring is 1. The van der Waals surface area contributed by atoms with Crippen molar-refractivity contribution in [2.24, 2.45) is 5.73 Å². The standard InChI is InChI=1S/C27H33N5O4/c1-5-35-24-16-19(8-15-23(24)36-17(2)3)25(30-20-9-6-18(7-10-20)26(28)29)27(33)32-31-21-11-13-22(34-4)14-12-21/h6-17,25,30-31H,5H2,1-4H3,(H3,28,29)(H,32,33). The average Bonchev–Trinajstić information content (AvgIpc) is 2.87. The van der Waals surface area contributed by atoms with E-state index in [1.807, 2.05) is 26.8 Å². The molecular weight excluding hydrogens is 458 g/mol. The Morgan fingerprint density at radius 3 is 2.22 bits per heavy atom. The fraction of sp³-hybridized carbons (Fsp3) is 0.259. The van der Waals surface area contributed by atoms with Gasteiger partial charge in [-0.25, -0.2) is 0 Å². The Morgan fingerprint density at radius 1 is 0.972 bits per heavy atom. The molecule has 0 radical (unpaired) electrons. The zero-order valence-corrected chi connectivity index (χ0v) is 20.9. The molecular formula is C27H33N5O4. The van der Waals surface area contributed by atoms with Crippen LogP contribution in [0.2, 0.25) is 0 Å². The number of benzene rings is 3. The summed E-state index contributed by atoms with van der Waals surface area (Å²) >= 11 is 0. The van der Waals surface area contributed by atoms with Gasteiger partial charge in [0.15, 0.2) is 11.5 Å². The monoisotopic (exact) mass is 491 g/mol. The van der Waals surface area contributed by atoms with Gasteiger partial charge in [0.1, 0.15) is 17.6 Å². The predicted molar refractivity (Wildman–Crippen MR) is 142 cm³/mol. The third-order valence-electron chi connectivity index (χ3n) is 5.15. The zero-order chi connectivity index (χ0) is 26.1. The number of hydrazine groups is 1. The lowest BCUT2D eigenvalue weighted by Gasteiger charge is -2.22. The number of carbonyl (C=O) groups excluding carboxylic acids is 1. The minimum atomic E-state index is -0.772. The van der Waals surface area contributed by atoms with E-state index in [1.54, 1.807) is 67.8 Å². The predicted octanol–water partition coefficient (Wildman–Crippen LogP) is 4.46. The van der Waals surface area contributed by atoms with E-state index in [2.05, 4.69) is 16.2 Å². The number of hydrogen-bond donors (Lipinski definition) is 5. The first-order valence-electron chi connectivity index (χ1n) is 11.6. The molecule has 9 nitrogen and oxygen atoms in total. The number of methoxy groups -OCH3 is 1. The highest BCUT2D eigenvalue weighted by Gasteiger charge is 2.23. The van der Waals surface area contributed by atoms with E-state index in [-0.39, 0.29) is 17.8 Å². The van der Waals surface area contributed by atoms with Gasteiger partial charge in [-0.2, -0.15) is 0 Å². The van der Waals surface area contributed by atoms with Crippen molar-refractivity contribution in [1.82, 2.24) is 5.43 Å². The fourth-order valence-corrected chi connectivity index (χ4v) is 3.42. The second kappa shape index (κ2) is 12.3. The number of nitrogens with one attached hydrogen (secondary N) is 4. The fourth-order valence-electron chi connectivity index (χ4n) is 3.42. The van der Waals surface area contributed by atoms with Crippen LogP contribution in [0.4, 0.5) is 11.4 Å². The van der Waals surface area contributed by atoms with Gasteiger partial charge in [0.05, 0.1) is 25.5 Å². The molecule has 0 spiro atoms. The second-order valence-electron chi connectivity index (χ2n) is 8.22. The number of ether oxygens (including phenoxy) is 3. The lowest BCUT2D eigenvalue weighted by atomic mass is 10.0. The van der Waals surface area contributed by atoms with Crippen LogP contribution in [0.25, 0.3) is 0 Å². The molecule has 1 atom stereocenters. The van der Waals surface area contributed by atoms with E-state index in [1.165, 1.54) is 0 Å². The smallest absolute Gasteiger partial charge is 0.265 e. The summed E-state index contributed by atoms with van der Waals surface area (Å²) in [5.41, 5.74) is 13.9. The van der Waals surface area contributed by atoms with Gasteiger partial charge in [0.25, 0.3) is 5.91 Å². The van der Waals surface area contributed by atoms with Gasteiger partial charge < -0.3 is 25.3 Å². The molecule has 9 heteroatoms.